The predicted molar refractivity (Wildman–Crippen MR) is 86.1 cm³/mol. The van der Waals surface area contributed by atoms with Gasteiger partial charge in [-0.1, -0.05) is 52.4 Å². The molecule has 0 unspecified atom stereocenters. The van der Waals surface area contributed by atoms with Gasteiger partial charge in [-0.15, -0.1) is 0 Å². The number of hydrogen-bond acceptors (Lipinski definition) is 5. The van der Waals surface area contributed by atoms with E-state index in [9.17, 15) is 4.79 Å². The Bertz CT molecular complexity index is 407. The van der Waals surface area contributed by atoms with Crippen molar-refractivity contribution in [2.75, 3.05) is 13.2 Å². The van der Waals surface area contributed by atoms with Crippen LogP contribution in [0.15, 0.2) is 12.4 Å². The zero-order valence-electron chi connectivity index (χ0n) is 13.8. The minimum absolute atomic E-state index is 0.230. The highest BCUT2D eigenvalue weighted by molar-refractivity contribution is 5.86. The molecule has 5 heteroatoms. The maximum atomic E-state index is 11.8. The third kappa shape index (κ3) is 7.96. The molecule has 0 aliphatic heterocycles. The molecule has 1 aromatic rings. The second-order valence-electron chi connectivity index (χ2n) is 5.35. The Labute approximate surface area is 133 Å². The normalized spacial score (nSPS) is 10.5. The monoisotopic (exact) mass is 308 g/mol. The quantitative estimate of drug-likeness (QED) is 0.428. The Balaban J connectivity index is 2.23. The molecule has 0 N–H and O–H groups in total. The molecule has 0 aliphatic carbocycles. The summed E-state index contributed by atoms with van der Waals surface area (Å²) >= 11 is 0. The molecule has 0 saturated carbocycles. The van der Waals surface area contributed by atoms with Gasteiger partial charge in [0.15, 0.2) is 5.69 Å². The van der Waals surface area contributed by atoms with Crippen LogP contribution >= 0.6 is 0 Å². The Kier molecular flexibility index (Phi) is 9.99. The maximum absolute atomic E-state index is 11.8. The van der Waals surface area contributed by atoms with Crippen LogP contribution in [0.3, 0.4) is 0 Å². The van der Waals surface area contributed by atoms with Crippen LogP contribution < -0.4 is 4.74 Å². The standard InChI is InChI=1S/C17H28N2O3/c1-3-5-7-9-11-21-16-14-18-15(13-19-16)17(20)22-12-10-8-6-4-2/h13-14H,3-12H2,1-2H3. The molecule has 0 amide bonds. The molecule has 0 atom stereocenters. The number of aromatic nitrogens is 2. The van der Waals surface area contributed by atoms with E-state index in [-0.39, 0.29) is 5.69 Å². The van der Waals surface area contributed by atoms with Gasteiger partial charge in [-0.25, -0.2) is 14.8 Å². The van der Waals surface area contributed by atoms with Crippen LogP contribution in [0.2, 0.25) is 0 Å². The highest BCUT2D eigenvalue weighted by Crippen LogP contribution is 2.07. The van der Waals surface area contributed by atoms with Crippen molar-refractivity contribution >= 4 is 5.97 Å². The third-order valence-electron chi connectivity index (χ3n) is 3.32. The average Bonchev–Trinajstić information content (AvgIpc) is 2.55. The van der Waals surface area contributed by atoms with Gasteiger partial charge >= 0.3 is 5.97 Å². The molecule has 5 nitrogen and oxygen atoms in total. The minimum atomic E-state index is -0.418. The fourth-order valence-electron chi connectivity index (χ4n) is 1.97. The number of hydrogen-bond donors (Lipinski definition) is 0. The molecule has 22 heavy (non-hydrogen) atoms. The van der Waals surface area contributed by atoms with E-state index < -0.39 is 5.97 Å². The number of carbonyl (C=O) groups is 1. The smallest absolute Gasteiger partial charge is 0.358 e. The van der Waals surface area contributed by atoms with E-state index in [1.807, 2.05) is 0 Å². The zero-order chi connectivity index (χ0) is 16.0. The lowest BCUT2D eigenvalue weighted by Gasteiger charge is -2.06. The van der Waals surface area contributed by atoms with E-state index in [2.05, 4.69) is 23.8 Å². The molecule has 0 radical (unpaired) electrons. The summed E-state index contributed by atoms with van der Waals surface area (Å²) in [7, 11) is 0. The molecule has 0 saturated heterocycles. The Hall–Kier alpha value is -1.65. The topological polar surface area (TPSA) is 61.3 Å². The SMILES string of the molecule is CCCCCCOC(=O)c1cnc(OCCCCCC)cn1. The molecule has 0 fully saturated rings. The number of esters is 1. The average molecular weight is 308 g/mol. The Morgan fingerprint density at radius 2 is 1.59 bits per heavy atom. The van der Waals surface area contributed by atoms with Crippen molar-refractivity contribution in [2.24, 2.45) is 0 Å². The highest BCUT2D eigenvalue weighted by atomic mass is 16.5. The Morgan fingerprint density at radius 1 is 0.909 bits per heavy atom. The van der Waals surface area contributed by atoms with Gasteiger partial charge in [-0.2, -0.15) is 0 Å². The van der Waals surface area contributed by atoms with Crippen molar-refractivity contribution in [3.8, 4) is 5.88 Å². The third-order valence-corrected chi connectivity index (χ3v) is 3.32. The summed E-state index contributed by atoms with van der Waals surface area (Å²) in [6, 6.07) is 0. The second kappa shape index (κ2) is 12.0. The lowest BCUT2D eigenvalue weighted by molar-refractivity contribution is 0.0490. The first-order valence-corrected chi connectivity index (χ1v) is 8.39. The lowest BCUT2D eigenvalue weighted by Crippen LogP contribution is -2.09. The lowest BCUT2D eigenvalue weighted by atomic mass is 10.2. The molecule has 1 rings (SSSR count). The summed E-state index contributed by atoms with van der Waals surface area (Å²) in [5, 5.41) is 0. The fraction of sp³-hybridized carbons (Fsp3) is 0.706. The van der Waals surface area contributed by atoms with Crippen molar-refractivity contribution in [2.45, 2.75) is 65.2 Å². The van der Waals surface area contributed by atoms with Gasteiger partial charge < -0.3 is 9.47 Å². The summed E-state index contributed by atoms with van der Waals surface area (Å²) in [5.74, 6) is 0.0366. The van der Waals surface area contributed by atoms with Gasteiger partial charge in [0.05, 0.1) is 25.6 Å². The van der Waals surface area contributed by atoms with Gasteiger partial charge in [0.2, 0.25) is 5.88 Å². The number of rotatable bonds is 12. The van der Waals surface area contributed by atoms with E-state index >= 15 is 0 Å². The second-order valence-corrected chi connectivity index (χ2v) is 5.35. The summed E-state index contributed by atoms with van der Waals surface area (Å²) in [6.07, 6.45) is 11.8. The van der Waals surface area contributed by atoms with Crippen molar-refractivity contribution in [3.05, 3.63) is 18.1 Å². The van der Waals surface area contributed by atoms with E-state index in [4.69, 9.17) is 9.47 Å². The number of unbranched alkanes of at least 4 members (excludes halogenated alkanes) is 6. The van der Waals surface area contributed by atoms with Gasteiger partial charge in [-0.05, 0) is 12.8 Å². The summed E-state index contributed by atoms with van der Waals surface area (Å²) in [6.45, 7) is 5.40. The largest absolute Gasteiger partial charge is 0.477 e. The van der Waals surface area contributed by atoms with Crippen LogP contribution in [0.25, 0.3) is 0 Å². The van der Waals surface area contributed by atoms with Crippen LogP contribution in [0.1, 0.15) is 75.7 Å². The van der Waals surface area contributed by atoms with E-state index in [1.165, 1.54) is 38.1 Å². The van der Waals surface area contributed by atoms with Crippen molar-refractivity contribution in [1.82, 2.24) is 9.97 Å². The highest BCUT2D eigenvalue weighted by Gasteiger charge is 2.09. The van der Waals surface area contributed by atoms with E-state index in [1.54, 1.807) is 0 Å². The summed E-state index contributed by atoms with van der Waals surface area (Å²) in [4.78, 5) is 19.9. The van der Waals surface area contributed by atoms with Gasteiger partial charge in [0.1, 0.15) is 0 Å². The first-order valence-electron chi connectivity index (χ1n) is 8.39. The summed E-state index contributed by atoms with van der Waals surface area (Å²) in [5.41, 5.74) is 0.230. The molecule has 124 valence electrons. The number of carbonyl (C=O) groups excluding carboxylic acids is 1. The molecule has 0 aliphatic rings. The molecule has 1 heterocycles. The van der Waals surface area contributed by atoms with Crippen LogP contribution in [-0.4, -0.2) is 29.2 Å². The van der Waals surface area contributed by atoms with Gasteiger partial charge in [0.25, 0.3) is 0 Å². The maximum Gasteiger partial charge on any atom is 0.358 e. The van der Waals surface area contributed by atoms with Crippen LogP contribution in [0.4, 0.5) is 0 Å². The zero-order valence-corrected chi connectivity index (χ0v) is 13.8. The first kappa shape index (κ1) is 18.4. The molecule has 0 bridgehead atoms. The van der Waals surface area contributed by atoms with Crippen molar-refractivity contribution in [1.29, 1.82) is 0 Å². The summed E-state index contributed by atoms with van der Waals surface area (Å²) < 4.78 is 10.6. The van der Waals surface area contributed by atoms with E-state index in [0.29, 0.717) is 19.1 Å². The van der Waals surface area contributed by atoms with E-state index in [0.717, 1.165) is 25.7 Å². The fourth-order valence-corrected chi connectivity index (χ4v) is 1.97. The minimum Gasteiger partial charge on any atom is -0.477 e. The van der Waals surface area contributed by atoms with Gasteiger partial charge in [-0.3, -0.25) is 0 Å². The van der Waals surface area contributed by atoms with Gasteiger partial charge in [0, 0.05) is 0 Å². The Morgan fingerprint density at radius 3 is 2.18 bits per heavy atom. The first-order chi connectivity index (χ1) is 10.8. The number of nitrogens with zero attached hydrogens (tertiary/aromatic N) is 2. The molecule has 0 aromatic carbocycles. The predicted octanol–water partition coefficient (Wildman–Crippen LogP) is 4.17. The molecule has 0 spiro atoms. The van der Waals surface area contributed by atoms with Crippen LogP contribution in [0, 0.1) is 0 Å². The van der Waals surface area contributed by atoms with Crippen LogP contribution in [0.5, 0.6) is 5.88 Å². The molecular weight excluding hydrogens is 280 g/mol. The molecular formula is C17H28N2O3. The molecule has 1 aromatic heterocycles. The van der Waals surface area contributed by atoms with Crippen molar-refractivity contribution < 1.29 is 14.3 Å². The van der Waals surface area contributed by atoms with Crippen LogP contribution in [-0.2, 0) is 4.74 Å². The number of ether oxygens (including phenoxy) is 2. The van der Waals surface area contributed by atoms with Crippen molar-refractivity contribution in [3.63, 3.8) is 0 Å².